The summed E-state index contributed by atoms with van der Waals surface area (Å²) < 4.78 is 50.7. The molecule has 0 bridgehead atoms. The van der Waals surface area contributed by atoms with Crippen LogP contribution < -0.4 is 10.4 Å². The molecule has 0 amide bonds. The first-order chi connectivity index (χ1) is 12.4. The van der Waals surface area contributed by atoms with E-state index in [9.17, 15) is 22.8 Å². The Bertz CT molecular complexity index is 1080. The summed E-state index contributed by atoms with van der Waals surface area (Å²) in [5.41, 5.74) is -1.72. The minimum absolute atomic E-state index is 0.0323. The number of hydrogen-bond acceptors (Lipinski definition) is 4. The zero-order valence-corrected chi connectivity index (χ0v) is 13.2. The van der Waals surface area contributed by atoms with Gasteiger partial charge in [-0.2, -0.15) is 13.2 Å². The van der Waals surface area contributed by atoms with E-state index in [1.807, 2.05) is 0 Å². The summed E-state index contributed by atoms with van der Waals surface area (Å²) in [6.07, 6.45) is -4.99. The molecule has 4 rings (SSSR count). The Labute approximate surface area is 144 Å². The molecular formula is C19H11F3O4. The Morgan fingerprint density at radius 3 is 2.42 bits per heavy atom. The van der Waals surface area contributed by atoms with E-state index in [4.69, 9.17) is 9.15 Å². The zero-order chi connectivity index (χ0) is 18.5. The SMILES string of the molecule is O=C1CC(c2ccccc2C(F)(F)F)c2c(c3ccccc3oc2=O)O1. The first kappa shape index (κ1) is 16.4. The summed E-state index contributed by atoms with van der Waals surface area (Å²) in [6, 6.07) is 11.3. The Morgan fingerprint density at radius 2 is 1.65 bits per heavy atom. The highest BCUT2D eigenvalue weighted by Crippen LogP contribution is 2.44. The highest BCUT2D eigenvalue weighted by Gasteiger charge is 2.40. The predicted molar refractivity (Wildman–Crippen MR) is 86.0 cm³/mol. The molecule has 1 aliphatic heterocycles. The standard InChI is InChI=1S/C19H11F3O4/c20-19(21,22)13-7-3-1-5-10(13)12-9-15(23)26-17-11-6-2-4-8-14(11)25-18(24)16(12)17/h1-8,12H,9H2. The van der Waals surface area contributed by atoms with Crippen molar-refractivity contribution in [1.29, 1.82) is 0 Å². The number of para-hydroxylation sites is 1. The van der Waals surface area contributed by atoms with E-state index < -0.39 is 29.3 Å². The van der Waals surface area contributed by atoms with E-state index in [1.54, 1.807) is 18.2 Å². The molecule has 1 atom stereocenters. The number of hydrogen-bond donors (Lipinski definition) is 0. The minimum atomic E-state index is -4.62. The fraction of sp³-hybridized carbons (Fsp3) is 0.158. The van der Waals surface area contributed by atoms with Crippen molar-refractivity contribution in [3.05, 3.63) is 75.6 Å². The van der Waals surface area contributed by atoms with Crippen LogP contribution >= 0.6 is 0 Å². The van der Waals surface area contributed by atoms with E-state index in [2.05, 4.69) is 0 Å². The Hall–Kier alpha value is -3.09. The van der Waals surface area contributed by atoms with Crippen LogP contribution in [0.25, 0.3) is 11.0 Å². The van der Waals surface area contributed by atoms with Gasteiger partial charge in [0.05, 0.1) is 22.9 Å². The number of rotatable bonds is 1. The molecule has 0 fully saturated rings. The summed E-state index contributed by atoms with van der Waals surface area (Å²) in [5.74, 6) is -1.82. The van der Waals surface area contributed by atoms with E-state index in [-0.39, 0.29) is 28.9 Å². The van der Waals surface area contributed by atoms with Gasteiger partial charge in [0.2, 0.25) is 0 Å². The monoisotopic (exact) mass is 360 g/mol. The molecule has 7 heteroatoms. The smallest absolute Gasteiger partial charge is 0.416 e. The Kier molecular flexibility index (Phi) is 3.61. The molecule has 1 aliphatic rings. The van der Waals surface area contributed by atoms with Crippen molar-refractivity contribution < 1.29 is 27.1 Å². The molecule has 0 spiro atoms. The lowest BCUT2D eigenvalue weighted by Gasteiger charge is -2.26. The maximum Gasteiger partial charge on any atom is 0.416 e. The van der Waals surface area contributed by atoms with Gasteiger partial charge in [-0.15, -0.1) is 0 Å². The lowest BCUT2D eigenvalue weighted by Crippen LogP contribution is -2.28. The average molecular weight is 360 g/mol. The first-order valence-electron chi connectivity index (χ1n) is 7.79. The third-order valence-corrected chi connectivity index (χ3v) is 4.38. The van der Waals surface area contributed by atoms with Crippen molar-refractivity contribution in [2.45, 2.75) is 18.5 Å². The fourth-order valence-electron chi connectivity index (χ4n) is 3.30. The molecule has 2 aromatic carbocycles. The fourth-order valence-corrected chi connectivity index (χ4v) is 3.30. The highest BCUT2D eigenvalue weighted by atomic mass is 19.4. The van der Waals surface area contributed by atoms with Crippen LogP contribution in [-0.2, 0) is 11.0 Å². The molecule has 0 radical (unpaired) electrons. The molecule has 4 nitrogen and oxygen atoms in total. The number of fused-ring (bicyclic) bond motifs is 3. The number of halogens is 3. The summed E-state index contributed by atoms with van der Waals surface area (Å²) in [4.78, 5) is 24.6. The van der Waals surface area contributed by atoms with Crippen molar-refractivity contribution in [3.63, 3.8) is 0 Å². The molecule has 2 heterocycles. The van der Waals surface area contributed by atoms with Crippen LogP contribution in [0.2, 0.25) is 0 Å². The van der Waals surface area contributed by atoms with Crippen LogP contribution in [-0.4, -0.2) is 5.97 Å². The van der Waals surface area contributed by atoms with Crippen LogP contribution in [0.15, 0.2) is 57.7 Å². The third kappa shape index (κ3) is 2.56. The van der Waals surface area contributed by atoms with Gasteiger partial charge in [-0.25, -0.2) is 4.79 Å². The van der Waals surface area contributed by atoms with Crippen LogP contribution in [0.1, 0.15) is 29.0 Å². The normalized spacial score (nSPS) is 17.0. The van der Waals surface area contributed by atoms with Crippen molar-refractivity contribution in [3.8, 4) is 5.75 Å². The predicted octanol–water partition coefficient (Wildman–Crippen LogP) is 4.25. The minimum Gasteiger partial charge on any atom is -0.425 e. The third-order valence-electron chi connectivity index (χ3n) is 4.38. The number of ether oxygens (including phenoxy) is 1. The number of alkyl halides is 3. The Morgan fingerprint density at radius 1 is 0.962 bits per heavy atom. The second-order valence-electron chi connectivity index (χ2n) is 5.94. The van der Waals surface area contributed by atoms with E-state index >= 15 is 0 Å². The zero-order valence-electron chi connectivity index (χ0n) is 13.2. The highest BCUT2D eigenvalue weighted by molar-refractivity contribution is 5.90. The number of benzene rings is 2. The van der Waals surface area contributed by atoms with Crippen LogP contribution in [0.3, 0.4) is 0 Å². The molecule has 0 N–H and O–H groups in total. The van der Waals surface area contributed by atoms with Gasteiger partial charge in [0.25, 0.3) is 0 Å². The summed E-state index contributed by atoms with van der Waals surface area (Å²) in [7, 11) is 0. The molecule has 3 aromatic rings. The molecule has 1 aromatic heterocycles. The van der Waals surface area contributed by atoms with E-state index in [1.165, 1.54) is 24.3 Å². The van der Waals surface area contributed by atoms with Gasteiger partial charge >= 0.3 is 17.8 Å². The lowest BCUT2D eigenvalue weighted by molar-refractivity contribution is -0.140. The van der Waals surface area contributed by atoms with Gasteiger partial charge in [-0.05, 0) is 23.8 Å². The largest absolute Gasteiger partial charge is 0.425 e. The lowest BCUT2D eigenvalue weighted by atomic mass is 9.84. The van der Waals surface area contributed by atoms with Crippen molar-refractivity contribution in [2.24, 2.45) is 0 Å². The van der Waals surface area contributed by atoms with E-state index in [0.29, 0.717) is 5.39 Å². The average Bonchev–Trinajstić information content (AvgIpc) is 2.60. The summed E-state index contributed by atoms with van der Waals surface area (Å²) >= 11 is 0. The van der Waals surface area contributed by atoms with Crippen LogP contribution in [0, 0.1) is 0 Å². The topological polar surface area (TPSA) is 56.5 Å². The number of carbonyl (C=O) groups is 1. The summed E-state index contributed by atoms with van der Waals surface area (Å²) in [5, 5.41) is 0.365. The maximum absolute atomic E-state index is 13.4. The second-order valence-corrected chi connectivity index (χ2v) is 5.94. The van der Waals surface area contributed by atoms with Crippen LogP contribution in [0.5, 0.6) is 5.75 Å². The van der Waals surface area contributed by atoms with Gasteiger partial charge in [0, 0.05) is 5.92 Å². The Balaban J connectivity index is 2.02. The van der Waals surface area contributed by atoms with Crippen molar-refractivity contribution >= 4 is 16.9 Å². The quantitative estimate of drug-likeness (QED) is 0.481. The van der Waals surface area contributed by atoms with Crippen molar-refractivity contribution in [2.75, 3.05) is 0 Å². The van der Waals surface area contributed by atoms with Gasteiger partial charge in [0.15, 0.2) is 5.75 Å². The van der Waals surface area contributed by atoms with Gasteiger partial charge < -0.3 is 9.15 Å². The molecule has 0 aliphatic carbocycles. The number of esters is 1. The summed E-state index contributed by atoms with van der Waals surface area (Å²) in [6.45, 7) is 0. The molecule has 132 valence electrons. The molecule has 0 saturated heterocycles. The van der Waals surface area contributed by atoms with Gasteiger partial charge in [-0.3, -0.25) is 4.79 Å². The maximum atomic E-state index is 13.4. The number of carbonyl (C=O) groups excluding carboxylic acids is 1. The molecular weight excluding hydrogens is 349 g/mol. The molecule has 26 heavy (non-hydrogen) atoms. The van der Waals surface area contributed by atoms with Gasteiger partial charge in [0.1, 0.15) is 5.58 Å². The van der Waals surface area contributed by atoms with Gasteiger partial charge in [-0.1, -0.05) is 30.3 Å². The van der Waals surface area contributed by atoms with Crippen LogP contribution in [0.4, 0.5) is 13.2 Å². The van der Waals surface area contributed by atoms with Crippen molar-refractivity contribution in [1.82, 2.24) is 0 Å². The second kappa shape index (κ2) is 5.72. The first-order valence-corrected chi connectivity index (χ1v) is 7.79. The molecule has 1 unspecified atom stereocenters. The molecule has 0 saturated carbocycles. The van der Waals surface area contributed by atoms with E-state index in [0.717, 1.165) is 6.07 Å².